The van der Waals surface area contributed by atoms with Gasteiger partial charge in [0, 0.05) is 18.3 Å². The number of rotatable bonds is 5. The monoisotopic (exact) mass is 257 g/mol. The molecular weight excluding hydrogens is 238 g/mol. The number of methoxy groups -OCH3 is 1. The molecule has 0 spiro atoms. The molecule has 0 aliphatic carbocycles. The van der Waals surface area contributed by atoms with Gasteiger partial charge in [-0.3, -0.25) is 0 Å². The van der Waals surface area contributed by atoms with Gasteiger partial charge in [0.1, 0.15) is 17.4 Å². The number of hydrogen-bond donors (Lipinski definition) is 1. The van der Waals surface area contributed by atoms with Crippen LogP contribution in [0.2, 0.25) is 0 Å². The molecule has 4 nitrogen and oxygen atoms in total. The molecule has 0 aliphatic heterocycles. The van der Waals surface area contributed by atoms with Crippen molar-refractivity contribution in [2.45, 2.75) is 26.8 Å². The van der Waals surface area contributed by atoms with Crippen LogP contribution in [-0.4, -0.2) is 17.1 Å². The number of nitrogens with one attached hydrogen (secondary N) is 1. The summed E-state index contributed by atoms with van der Waals surface area (Å²) >= 11 is 0. The maximum absolute atomic E-state index is 5.14. The van der Waals surface area contributed by atoms with Crippen LogP contribution < -0.4 is 10.1 Å². The van der Waals surface area contributed by atoms with E-state index in [0.717, 1.165) is 36.1 Å². The first kappa shape index (κ1) is 13.3. The molecule has 0 amide bonds. The number of ether oxygens (including phenoxy) is 1. The lowest BCUT2D eigenvalue weighted by Gasteiger charge is -2.08. The van der Waals surface area contributed by atoms with E-state index >= 15 is 0 Å². The molecule has 0 bridgehead atoms. The Morgan fingerprint density at radius 2 is 1.89 bits per heavy atom. The number of aryl methyl sites for hydroxylation is 2. The first-order chi connectivity index (χ1) is 9.21. The van der Waals surface area contributed by atoms with Gasteiger partial charge in [-0.25, -0.2) is 9.97 Å². The summed E-state index contributed by atoms with van der Waals surface area (Å²) in [5, 5.41) is 3.32. The number of aromatic nitrogens is 2. The van der Waals surface area contributed by atoms with Crippen LogP contribution in [0.3, 0.4) is 0 Å². The molecule has 0 atom stereocenters. The number of hydrogen-bond acceptors (Lipinski definition) is 4. The molecule has 1 heterocycles. The van der Waals surface area contributed by atoms with Crippen LogP contribution in [0.4, 0.5) is 5.82 Å². The summed E-state index contributed by atoms with van der Waals surface area (Å²) in [6, 6.07) is 10.00. The molecule has 0 aliphatic rings. The first-order valence-corrected chi connectivity index (χ1v) is 6.42. The van der Waals surface area contributed by atoms with Gasteiger partial charge in [0.05, 0.1) is 7.11 Å². The van der Waals surface area contributed by atoms with Crippen LogP contribution in [0.25, 0.3) is 0 Å². The highest BCUT2D eigenvalue weighted by Gasteiger charge is 2.01. The minimum absolute atomic E-state index is 0.740. The van der Waals surface area contributed by atoms with Crippen molar-refractivity contribution in [2.75, 3.05) is 12.4 Å². The minimum Gasteiger partial charge on any atom is -0.497 e. The summed E-state index contributed by atoms with van der Waals surface area (Å²) in [6.45, 7) is 4.75. The molecule has 0 unspecified atom stereocenters. The number of benzene rings is 1. The van der Waals surface area contributed by atoms with E-state index in [0.29, 0.717) is 0 Å². The smallest absolute Gasteiger partial charge is 0.130 e. The summed E-state index contributed by atoms with van der Waals surface area (Å²) in [6.07, 6.45) is 0.917. The summed E-state index contributed by atoms with van der Waals surface area (Å²) in [5.41, 5.74) is 2.25. The van der Waals surface area contributed by atoms with Crippen molar-refractivity contribution in [1.82, 2.24) is 9.97 Å². The van der Waals surface area contributed by atoms with E-state index in [9.17, 15) is 0 Å². The average Bonchev–Trinajstić information content (AvgIpc) is 2.45. The van der Waals surface area contributed by atoms with E-state index in [1.807, 2.05) is 37.3 Å². The lowest BCUT2D eigenvalue weighted by atomic mass is 10.2. The van der Waals surface area contributed by atoms with Crippen LogP contribution in [-0.2, 0) is 13.0 Å². The fourth-order valence-corrected chi connectivity index (χ4v) is 1.84. The van der Waals surface area contributed by atoms with Crippen molar-refractivity contribution in [3.63, 3.8) is 0 Å². The van der Waals surface area contributed by atoms with Crippen LogP contribution >= 0.6 is 0 Å². The highest BCUT2D eigenvalue weighted by atomic mass is 16.5. The van der Waals surface area contributed by atoms with E-state index in [2.05, 4.69) is 22.2 Å². The molecule has 1 aromatic carbocycles. The maximum Gasteiger partial charge on any atom is 0.130 e. The highest BCUT2D eigenvalue weighted by molar-refractivity contribution is 5.38. The Bertz CT molecular complexity index is 538. The second-order valence-corrected chi connectivity index (χ2v) is 4.35. The molecule has 19 heavy (non-hydrogen) atoms. The van der Waals surface area contributed by atoms with Crippen molar-refractivity contribution in [3.8, 4) is 5.75 Å². The number of anilines is 1. The molecule has 0 radical (unpaired) electrons. The van der Waals surface area contributed by atoms with Crippen LogP contribution in [0, 0.1) is 6.92 Å². The molecule has 1 aromatic heterocycles. The molecule has 2 rings (SSSR count). The van der Waals surface area contributed by atoms with E-state index < -0.39 is 0 Å². The Labute approximate surface area is 113 Å². The first-order valence-electron chi connectivity index (χ1n) is 6.42. The van der Waals surface area contributed by atoms with Gasteiger partial charge in [0.15, 0.2) is 0 Å². The summed E-state index contributed by atoms with van der Waals surface area (Å²) in [5.74, 6) is 2.55. The molecule has 2 aromatic rings. The highest BCUT2D eigenvalue weighted by Crippen LogP contribution is 2.13. The minimum atomic E-state index is 0.740. The summed E-state index contributed by atoms with van der Waals surface area (Å²) < 4.78 is 5.14. The van der Waals surface area contributed by atoms with Crippen molar-refractivity contribution in [2.24, 2.45) is 0 Å². The van der Waals surface area contributed by atoms with E-state index in [1.54, 1.807) is 7.11 Å². The van der Waals surface area contributed by atoms with Gasteiger partial charge in [-0.05, 0) is 31.0 Å². The van der Waals surface area contributed by atoms with Crippen LogP contribution in [0.5, 0.6) is 5.75 Å². The van der Waals surface area contributed by atoms with Gasteiger partial charge in [-0.1, -0.05) is 19.1 Å². The van der Waals surface area contributed by atoms with Crippen molar-refractivity contribution in [3.05, 3.63) is 47.4 Å². The van der Waals surface area contributed by atoms with Gasteiger partial charge >= 0.3 is 0 Å². The molecule has 4 heteroatoms. The SMILES string of the molecule is CCc1cc(NCc2ccc(OC)cc2)nc(C)n1. The third kappa shape index (κ3) is 3.68. The lowest BCUT2D eigenvalue weighted by molar-refractivity contribution is 0.414. The fourth-order valence-electron chi connectivity index (χ4n) is 1.84. The molecular formula is C15H19N3O. The second-order valence-electron chi connectivity index (χ2n) is 4.35. The quantitative estimate of drug-likeness (QED) is 0.894. The Kier molecular flexibility index (Phi) is 4.34. The van der Waals surface area contributed by atoms with Gasteiger partial charge in [0.2, 0.25) is 0 Å². The van der Waals surface area contributed by atoms with E-state index in [4.69, 9.17) is 4.74 Å². The third-order valence-corrected chi connectivity index (χ3v) is 2.89. The molecule has 0 saturated carbocycles. The normalized spacial score (nSPS) is 10.3. The van der Waals surface area contributed by atoms with E-state index in [-0.39, 0.29) is 0 Å². The van der Waals surface area contributed by atoms with Crippen molar-refractivity contribution < 1.29 is 4.74 Å². The predicted octanol–water partition coefficient (Wildman–Crippen LogP) is 2.97. The molecule has 100 valence electrons. The van der Waals surface area contributed by atoms with Crippen molar-refractivity contribution in [1.29, 1.82) is 0 Å². The van der Waals surface area contributed by atoms with Gasteiger partial charge in [-0.15, -0.1) is 0 Å². The largest absolute Gasteiger partial charge is 0.497 e. The average molecular weight is 257 g/mol. The van der Waals surface area contributed by atoms with Crippen LogP contribution in [0.1, 0.15) is 24.0 Å². The predicted molar refractivity (Wildman–Crippen MR) is 76.5 cm³/mol. The van der Waals surface area contributed by atoms with Crippen LogP contribution in [0.15, 0.2) is 30.3 Å². The number of nitrogens with zero attached hydrogens (tertiary/aromatic N) is 2. The standard InChI is InChI=1S/C15H19N3O/c1-4-13-9-15(18-11(2)17-13)16-10-12-5-7-14(19-3)8-6-12/h5-9H,4,10H2,1-3H3,(H,16,17,18). The zero-order chi connectivity index (χ0) is 13.7. The van der Waals surface area contributed by atoms with Gasteiger partial charge in [-0.2, -0.15) is 0 Å². The molecule has 1 N–H and O–H groups in total. The Balaban J connectivity index is 2.03. The summed E-state index contributed by atoms with van der Waals surface area (Å²) in [4.78, 5) is 8.75. The Hall–Kier alpha value is -2.10. The van der Waals surface area contributed by atoms with E-state index in [1.165, 1.54) is 5.56 Å². The second kappa shape index (κ2) is 6.18. The zero-order valence-electron chi connectivity index (χ0n) is 11.6. The molecule has 0 fully saturated rings. The zero-order valence-corrected chi connectivity index (χ0v) is 11.6. The van der Waals surface area contributed by atoms with Gasteiger partial charge < -0.3 is 10.1 Å². The fraction of sp³-hybridized carbons (Fsp3) is 0.333. The Morgan fingerprint density at radius 1 is 1.16 bits per heavy atom. The summed E-state index contributed by atoms with van der Waals surface area (Å²) in [7, 11) is 1.67. The maximum atomic E-state index is 5.14. The van der Waals surface area contributed by atoms with Gasteiger partial charge in [0.25, 0.3) is 0 Å². The third-order valence-electron chi connectivity index (χ3n) is 2.89. The lowest BCUT2D eigenvalue weighted by Crippen LogP contribution is -2.04. The Morgan fingerprint density at radius 3 is 2.53 bits per heavy atom. The molecule has 0 saturated heterocycles. The topological polar surface area (TPSA) is 47.0 Å². The van der Waals surface area contributed by atoms with Crippen molar-refractivity contribution >= 4 is 5.82 Å².